The van der Waals surface area contributed by atoms with Gasteiger partial charge >= 0.3 is 0 Å². The van der Waals surface area contributed by atoms with E-state index >= 15 is 0 Å². The van der Waals surface area contributed by atoms with Crippen LogP contribution >= 0.6 is 11.3 Å². The van der Waals surface area contributed by atoms with Crippen molar-refractivity contribution in [3.8, 4) is 6.07 Å². The fourth-order valence-corrected chi connectivity index (χ4v) is 4.76. The fraction of sp³-hybridized carbons (Fsp3) is 0.316. The molecule has 0 saturated carbocycles. The van der Waals surface area contributed by atoms with E-state index in [1.165, 1.54) is 10.4 Å². The minimum atomic E-state index is 0.0365. The molecular weight excluding hydrogens is 318 g/mol. The lowest BCUT2D eigenvalue weighted by atomic mass is 9.89. The third-order valence-electron chi connectivity index (χ3n) is 4.69. The highest BCUT2D eigenvalue weighted by Gasteiger charge is 2.23. The van der Waals surface area contributed by atoms with Gasteiger partial charge in [-0.2, -0.15) is 5.26 Å². The Morgan fingerprint density at radius 1 is 1.46 bits per heavy atom. The molecule has 0 spiro atoms. The molecule has 0 bridgehead atoms. The van der Waals surface area contributed by atoms with Crippen LogP contribution in [0.5, 0.6) is 0 Å². The Kier molecular flexibility index (Phi) is 3.70. The summed E-state index contributed by atoms with van der Waals surface area (Å²) in [7, 11) is 0. The molecule has 5 heteroatoms. The highest BCUT2D eigenvalue weighted by molar-refractivity contribution is 7.18. The highest BCUT2D eigenvalue weighted by Crippen LogP contribution is 2.35. The molecule has 0 amide bonds. The van der Waals surface area contributed by atoms with Gasteiger partial charge in [-0.1, -0.05) is 19.1 Å². The van der Waals surface area contributed by atoms with Crippen LogP contribution in [-0.4, -0.2) is 9.55 Å². The molecule has 1 aromatic carbocycles. The Morgan fingerprint density at radius 2 is 2.33 bits per heavy atom. The monoisotopic (exact) mass is 335 g/mol. The predicted octanol–water partition coefficient (Wildman–Crippen LogP) is 3.50. The summed E-state index contributed by atoms with van der Waals surface area (Å²) < 4.78 is 1.66. The van der Waals surface area contributed by atoms with Crippen molar-refractivity contribution in [2.45, 2.75) is 32.7 Å². The standard InChI is InChI=1S/C19H17N3OS/c1-12-5-6-15-16(7-12)24-18-17(15)19(23)22(11-21-18)10-14-4-2-3-13(8-14)9-20/h2-4,8,11-12H,5-7,10H2,1H3/t12-/m0/s1. The number of aryl methyl sites for hydroxylation is 1. The number of hydrogen-bond acceptors (Lipinski definition) is 4. The number of benzene rings is 1. The van der Waals surface area contributed by atoms with E-state index in [0.717, 1.165) is 35.0 Å². The van der Waals surface area contributed by atoms with E-state index < -0.39 is 0 Å². The maximum atomic E-state index is 13.0. The molecule has 0 radical (unpaired) electrons. The predicted molar refractivity (Wildman–Crippen MR) is 95.3 cm³/mol. The third-order valence-corrected chi connectivity index (χ3v) is 5.85. The number of aromatic nitrogens is 2. The van der Waals surface area contributed by atoms with Crippen LogP contribution < -0.4 is 5.56 Å². The summed E-state index contributed by atoms with van der Waals surface area (Å²) in [6, 6.07) is 9.50. The first-order chi connectivity index (χ1) is 11.7. The van der Waals surface area contributed by atoms with Crippen LogP contribution in [0.15, 0.2) is 35.4 Å². The molecule has 0 N–H and O–H groups in total. The normalized spacial score (nSPS) is 16.8. The molecule has 4 rings (SSSR count). The van der Waals surface area contributed by atoms with Gasteiger partial charge in [0, 0.05) is 4.88 Å². The zero-order chi connectivity index (χ0) is 16.7. The summed E-state index contributed by atoms with van der Waals surface area (Å²) in [6.07, 6.45) is 4.80. The van der Waals surface area contributed by atoms with Crippen molar-refractivity contribution < 1.29 is 0 Å². The van der Waals surface area contributed by atoms with Crippen LogP contribution in [0.2, 0.25) is 0 Å². The quantitative estimate of drug-likeness (QED) is 0.720. The topological polar surface area (TPSA) is 58.7 Å². The molecule has 3 aromatic rings. The average Bonchev–Trinajstić information content (AvgIpc) is 2.95. The van der Waals surface area contributed by atoms with Crippen LogP contribution in [0.1, 0.15) is 34.9 Å². The summed E-state index contributed by atoms with van der Waals surface area (Å²) in [5, 5.41) is 9.83. The van der Waals surface area contributed by atoms with Crippen LogP contribution in [0.3, 0.4) is 0 Å². The van der Waals surface area contributed by atoms with E-state index in [-0.39, 0.29) is 5.56 Å². The Labute approximate surface area is 144 Å². The second kappa shape index (κ2) is 5.88. The van der Waals surface area contributed by atoms with Crippen molar-refractivity contribution in [2.24, 2.45) is 5.92 Å². The SMILES string of the molecule is C[C@H]1CCc2c(sc3ncn(Cc4cccc(C#N)c4)c(=O)c23)C1. The molecule has 0 unspecified atom stereocenters. The lowest BCUT2D eigenvalue weighted by molar-refractivity contribution is 0.509. The van der Waals surface area contributed by atoms with E-state index in [4.69, 9.17) is 5.26 Å². The minimum Gasteiger partial charge on any atom is -0.294 e. The van der Waals surface area contributed by atoms with Crippen LogP contribution in [0, 0.1) is 17.2 Å². The van der Waals surface area contributed by atoms with Gasteiger partial charge in [-0.15, -0.1) is 11.3 Å². The Morgan fingerprint density at radius 3 is 3.17 bits per heavy atom. The number of thiophene rings is 1. The lowest BCUT2D eigenvalue weighted by Crippen LogP contribution is -2.22. The van der Waals surface area contributed by atoms with Gasteiger partial charge in [0.2, 0.25) is 0 Å². The molecule has 0 saturated heterocycles. The molecular formula is C19H17N3OS. The second-order valence-corrected chi connectivity index (χ2v) is 7.61. The first-order valence-electron chi connectivity index (χ1n) is 8.14. The van der Waals surface area contributed by atoms with Gasteiger partial charge in [0.05, 0.1) is 29.9 Å². The Bertz CT molecular complexity index is 1030. The summed E-state index contributed by atoms with van der Waals surface area (Å²) in [4.78, 5) is 19.7. The van der Waals surface area contributed by atoms with Crippen molar-refractivity contribution in [1.29, 1.82) is 5.26 Å². The molecule has 0 fully saturated rings. The van der Waals surface area contributed by atoms with Crippen molar-refractivity contribution in [3.05, 3.63) is 62.5 Å². The van der Waals surface area contributed by atoms with Gasteiger partial charge in [0.15, 0.2) is 0 Å². The van der Waals surface area contributed by atoms with Gasteiger partial charge in [0.25, 0.3) is 5.56 Å². The van der Waals surface area contributed by atoms with Gasteiger partial charge in [0.1, 0.15) is 4.83 Å². The molecule has 1 atom stereocenters. The van der Waals surface area contributed by atoms with Crippen molar-refractivity contribution in [1.82, 2.24) is 9.55 Å². The smallest absolute Gasteiger partial charge is 0.262 e. The summed E-state index contributed by atoms with van der Waals surface area (Å²) >= 11 is 1.67. The maximum Gasteiger partial charge on any atom is 0.262 e. The second-order valence-electron chi connectivity index (χ2n) is 6.52. The van der Waals surface area contributed by atoms with E-state index in [9.17, 15) is 4.79 Å². The maximum absolute atomic E-state index is 13.0. The highest BCUT2D eigenvalue weighted by atomic mass is 32.1. The van der Waals surface area contributed by atoms with Crippen LogP contribution in [0.25, 0.3) is 10.2 Å². The molecule has 1 aliphatic carbocycles. The first-order valence-corrected chi connectivity index (χ1v) is 8.96. The van der Waals surface area contributed by atoms with Gasteiger partial charge in [-0.3, -0.25) is 9.36 Å². The van der Waals surface area contributed by atoms with E-state index in [0.29, 0.717) is 18.0 Å². The Hall–Kier alpha value is -2.45. The summed E-state index contributed by atoms with van der Waals surface area (Å²) in [5.74, 6) is 0.682. The summed E-state index contributed by atoms with van der Waals surface area (Å²) in [6.45, 7) is 2.71. The lowest BCUT2D eigenvalue weighted by Gasteiger charge is -2.17. The molecule has 2 aromatic heterocycles. The van der Waals surface area contributed by atoms with Crippen molar-refractivity contribution >= 4 is 21.6 Å². The van der Waals surface area contributed by atoms with Crippen LogP contribution in [0.4, 0.5) is 0 Å². The van der Waals surface area contributed by atoms with E-state index in [1.807, 2.05) is 18.2 Å². The van der Waals surface area contributed by atoms with E-state index in [2.05, 4.69) is 18.0 Å². The van der Waals surface area contributed by atoms with Crippen molar-refractivity contribution in [2.75, 3.05) is 0 Å². The van der Waals surface area contributed by atoms with Gasteiger partial charge < -0.3 is 0 Å². The number of nitrogens with zero attached hydrogens (tertiary/aromatic N) is 3. The number of nitriles is 1. The van der Waals surface area contributed by atoms with Crippen molar-refractivity contribution in [3.63, 3.8) is 0 Å². The zero-order valence-corrected chi connectivity index (χ0v) is 14.3. The first kappa shape index (κ1) is 15.1. The summed E-state index contributed by atoms with van der Waals surface area (Å²) in [5.41, 5.74) is 2.80. The Balaban J connectivity index is 1.79. The molecule has 1 aliphatic rings. The molecule has 4 nitrogen and oxygen atoms in total. The van der Waals surface area contributed by atoms with Gasteiger partial charge in [-0.05, 0) is 48.4 Å². The average molecular weight is 335 g/mol. The third kappa shape index (κ3) is 2.53. The number of fused-ring (bicyclic) bond motifs is 3. The van der Waals surface area contributed by atoms with Gasteiger partial charge in [-0.25, -0.2) is 4.98 Å². The fourth-order valence-electron chi connectivity index (χ4n) is 3.41. The van der Waals surface area contributed by atoms with E-state index in [1.54, 1.807) is 28.3 Å². The molecule has 0 aliphatic heterocycles. The minimum absolute atomic E-state index is 0.0365. The molecule has 120 valence electrons. The van der Waals surface area contributed by atoms with Crippen LogP contribution in [-0.2, 0) is 19.4 Å². The molecule has 2 heterocycles. The zero-order valence-electron chi connectivity index (χ0n) is 13.5. The number of hydrogen-bond donors (Lipinski definition) is 0. The number of rotatable bonds is 2. The molecule has 24 heavy (non-hydrogen) atoms. The largest absolute Gasteiger partial charge is 0.294 e.